The Balaban J connectivity index is 1.43. The molecule has 1 aliphatic rings. The second-order valence-corrected chi connectivity index (χ2v) is 8.29. The van der Waals surface area contributed by atoms with Crippen LogP contribution in [0.4, 0.5) is 5.82 Å². The van der Waals surface area contributed by atoms with E-state index in [2.05, 4.69) is 15.3 Å². The average molecular weight is 384 g/mol. The van der Waals surface area contributed by atoms with Gasteiger partial charge in [0.15, 0.2) is 11.6 Å². The number of aromatic nitrogens is 4. The number of aryl methyl sites for hydroxylation is 1. The van der Waals surface area contributed by atoms with Crippen molar-refractivity contribution in [3.63, 3.8) is 0 Å². The molecule has 27 heavy (non-hydrogen) atoms. The molecule has 0 spiro atoms. The smallest absolute Gasteiger partial charge is 0.243 e. The number of piperazine rings is 1. The second-order valence-electron chi connectivity index (χ2n) is 6.36. The Bertz CT molecular complexity index is 1010. The van der Waals surface area contributed by atoms with Crippen molar-refractivity contribution in [2.75, 3.05) is 31.1 Å². The highest BCUT2D eigenvalue weighted by atomic mass is 32.2. The van der Waals surface area contributed by atoms with E-state index in [1.54, 1.807) is 28.9 Å². The van der Waals surface area contributed by atoms with E-state index >= 15 is 0 Å². The second kappa shape index (κ2) is 7.09. The van der Waals surface area contributed by atoms with Gasteiger partial charge in [-0.05, 0) is 37.3 Å². The molecule has 0 radical (unpaired) electrons. The first-order chi connectivity index (χ1) is 13.0. The van der Waals surface area contributed by atoms with Gasteiger partial charge in [0, 0.05) is 32.4 Å². The predicted octanol–water partition coefficient (Wildman–Crippen LogP) is 1.48. The molecule has 3 heterocycles. The first kappa shape index (κ1) is 17.6. The van der Waals surface area contributed by atoms with Crippen LogP contribution < -0.4 is 4.90 Å². The standard InChI is InChI=1S/C18H20N6O2S/c1-15-9-10-24(21-15)18-8-7-17(19-20-18)22-11-13-23(14-12-22)27(25,26)16-5-3-2-4-6-16/h2-10H,11-14H2,1H3. The Morgan fingerprint density at radius 1 is 0.852 bits per heavy atom. The number of rotatable bonds is 4. The number of sulfonamides is 1. The van der Waals surface area contributed by atoms with Gasteiger partial charge in [0.1, 0.15) is 0 Å². The number of nitrogens with zero attached hydrogens (tertiary/aromatic N) is 6. The Kier molecular flexibility index (Phi) is 4.63. The van der Waals surface area contributed by atoms with Gasteiger partial charge < -0.3 is 4.90 Å². The van der Waals surface area contributed by atoms with Crippen molar-refractivity contribution in [1.29, 1.82) is 0 Å². The minimum Gasteiger partial charge on any atom is -0.352 e. The third-order valence-electron chi connectivity index (χ3n) is 4.54. The maximum Gasteiger partial charge on any atom is 0.243 e. The summed E-state index contributed by atoms with van der Waals surface area (Å²) in [6, 6.07) is 14.2. The van der Waals surface area contributed by atoms with E-state index in [1.165, 1.54) is 4.31 Å². The molecule has 1 aliphatic heterocycles. The van der Waals surface area contributed by atoms with Gasteiger partial charge >= 0.3 is 0 Å². The van der Waals surface area contributed by atoms with Crippen LogP contribution in [0.25, 0.3) is 5.82 Å². The van der Waals surface area contributed by atoms with Gasteiger partial charge in [-0.15, -0.1) is 10.2 Å². The van der Waals surface area contributed by atoms with Crippen molar-refractivity contribution < 1.29 is 8.42 Å². The SMILES string of the molecule is Cc1ccn(-c2ccc(N3CCN(S(=O)(=O)c4ccccc4)CC3)nn2)n1. The largest absolute Gasteiger partial charge is 0.352 e. The van der Waals surface area contributed by atoms with E-state index in [0.29, 0.717) is 36.9 Å². The lowest BCUT2D eigenvalue weighted by Crippen LogP contribution is -2.49. The molecule has 1 saturated heterocycles. The summed E-state index contributed by atoms with van der Waals surface area (Å²) in [6.45, 7) is 3.89. The van der Waals surface area contributed by atoms with Crippen LogP contribution in [-0.4, -0.2) is 58.9 Å². The van der Waals surface area contributed by atoms with Gasteiger partial charge in [-0.2, -0.15) is 9.40 Å². The fourth-order valence-electron chi connectivity index (χ4n) is 3.05. The number of benzene rings is 1. The molecule has 0 N–H and O–H groups in total. The van der Waals surface area contributed by atoms with E-state index in [-0.39, 0.29) is 0 Å². The molecule has 4 rings (SSSR count). The molecule has 0 aliphatic carbocycles. The number of anilines is 1. The van der Waals surface area contributed by atoms with E-state index in [4.69, 9.17) is 0 Å². The Morgan fingerprint density at radius 3 is 2.11 bits per heavy atom. The molecule has 0 saturated carbocycles. The van der Waals surface area contributed by atoms with Crippen LogP contribution in [0.1, 0.15) is 5.69 Å². The zero-order chi connectivity index (χ0) is 18.9. The van der Waals surface area contributed by atoms with Crippen LogP contribution in [0.2, 0.25) is 0 Å². The van der Waals surface area contributed by atoms with Crippen LogP contribution >= 0.6 is 0 Å². The molecule has 9 heteroatoms. The lowest BCUT2D eigenvalue weighted by atomic mass is 10.3. The Labute approximate surface area is 158 Å². The summed E-state index contributed by atoms with van der Waals surface area (Å²) in [7, 11) is -3.45. The van der Waals surface area contributed by atoms with Crippen molar-refractivity contribution in [3.05, 3.63) is 60.4 Å². The van der Waals surface area contributed by atoms with Gasteiger partial charge in [0.05, 0.1) is 10.6 Å². The zero-order valence-corrected chi connectivity index (χ0v) is 15.7. The summed E-state index contributed by atoms with van der Waals surface area (Å²) in [5, 5.41) is 12.8. The maximum atomic E-state index is 12.7. The Morgan fingerprint density at radius 2 is 1.52 bits per heavy atom. The summed E-state index contributed by atoms with van der Waals surface area (Å²) >= 11 is 0. The van der Waals surface area contributed by atoms with Gasteiger partial charge in [0.2, 0.25) is 10.0 Å². The fraction of sp³-hybridized carbons (Fsp3) is 0.278. The quantitative estimate of drug-likeness (QED) is 0.677. The molecule has 140 valence electrons. The van der Waals surface area contributed by atoms with Gasteiger partial charge in [-0.3, -0.25) is 0 Å². The molecule has 0 amide bonds. The molecule has 3 aromatic rings. The molecular weight excluding hydrogens is 364 g/mol. The molecule has 1 fully saturated rings. The van der Waals surface area contributed by atoms with Crippen molar-refractivity contribution in [3.8, 4) is 5.82 Å². The minimum atomic E-state index is -3.45. The molecule has 0 atom stereocenters. The van der Waals surface area contributed by atoms with Crippen molar-refractivity contribution >= 4 is 15.8 Å². The predicted molar refractivity (Wildman–Crippen MR) is 101 cm³/mol. The lowest BCUT2D eigenvalue weighted by molar-refractivity contribution is 0.383. The summed E-state index contributed by atoms with van der Waals surface area (Å²) in [5.41, 5.74) is 0.914. The molecule has 8 nitrogen and oxygen atoms in total. The molecule has 0 unspecified atom stereocenters. The number of hydrogen-bond donors (Lipinski definition) is 0. The average Bonchev–Trinajstić information content (AvgIpc) is 3.15. The van der Waals surface area contributed by atoms with Crippen LogP contribution in [0.15, 0.2) is 59.6 Å². The first-order valence-corrected chi connectivity index (χ1v) is 10.1. The molecule has 0 bridgehead atoms. The third kappa shape index (κ3) is 3.56. The first-order valence-electron chi connectivity index (χ1n) is 8.70. The summed E-state index contributed by atoms with van der Waals surface area (Å²) in [5.74, 6) is 1.39. The van der Waals surface area contributed by atoms with E-state index in [9.17, 15) is 8.42 Å². The highest BCUT2D eigenvalue weighted by Crippen LogP contribution is 2.20. The highest BCUT2D eigenvalue weighted by Gasteiger charge is 2.28. The van der Waals surface area contributed by atoms with Gasteiger partial charge in [-0.25, -0.2) is 13.1 Å². The van der Waals surface area contributed by atoms with E-state index in [1.807, 2.05) is 42.3 Å². The Hall–Kier alpha value is -2.78. The van der Waals surface area contributed by atoms with Crippen LogP contribution in [0, 0.1) is 6.92 Å². The van der Waals surface area contributed by atoms with Crippen molar-refractivity contribution in [2.45, 2.75) is 11.8 Å². The third-order valence-corrected chi connectivity index (χ3v) is 6.45. The maximum absolute atomic E-state index is 12.7. The number of hydrogen-bond acceptors (Lipinski definition) is 6. The van der Waals surface area contributed by atoms with Crippen molar-refractivity contribution in [1.82, 2.24) is 24.3 Å². The van der Waals surface area contributed by atoms with E-state index in [0.717, 1.165) is 11.5 Å². The lowest BCUT2D eigenvalue weighted by Gasteiger charge is -2.34. The monoisotopic (exact) mass is 384 g/mol. The van der Waals surface area contributed by atoms with Crippen LogP contribution in [0.3, 0.4) is 0 Å². The normalized spacial score (nSPS) is 15.8. The summed E-state index contributed by atoms with van der Waals surface area (Å²) in [6.07, 6.45) is 1.84. The highest BCUT2D eigenvalue weighted by molar-refractivity contribution is 7.89. The van der Waals surface area contributed by atoms with Gasteiger partial charge in [-0.1, -0.05) is 18.2 Å². The topological polar surface area (TPSA) is 84.2 Å². The minimum absolute atomic E-state index is 0.331. The van der Waals surface area contributed by atoms with Crippen molar-refractivity contribution in [2.24, 2.45) is 0 Å². The summed E-state index contributed by atoms with van der Waals surface area (Å²) < 4.78 is 28.6. The van der Waals surface area contributed by atoms with Crippen LogP contribution in [0.5, 0.6) is 0 Å². The van der Waals surface area contributed by atoms with E-state index < -0.39 is 10.0 Å². The molecular formula is C18H20N6O2S. The molecule has 2 aromatic heterocycles. The summed E-state index contributed by atoms with van der Waals surface area (Å²) in [4.78, 5) is 2.37. The zero-order valence-electron chi connectivity index (χ0n) is 14.9. The van der Waals surface area contributed by atoms with Crippen LogP contribution in [-0.2, 0) is 10.0 Å². The molecule has 1 aromatic carbocycles. The fourth-order valence-corrected chi connectivity index (χ4v) is 4.49. The van der Waals surface area contributed by atoms with Gasteiger partial charge in [0.25, 0.3) is 0 Å².